The van der Waals surface area contributed by atoms with Gasteiger partial charge in [0.25, 0.3) is 0 Å². The molecule has 6 heteroatoms. The van der Waals surface area contributed by atoms with Crippen molar-refractivity contribution in [1.82, 2.24) is 5.32 Å². The van der Waals surface area contributed by atoms with Crippen molar-refractivity contribution in [1.29, 1.82) is 0 Å². The van der Waals surface area contributed by atoms with Gasteiger partial charge in [0, 0.05) is 12.1 Å². The molecule has 1 N–H and O–H groups in total. The maximum atomic E-state index is 12.4. The number of hydrogen-bond acceptors (Lipinski definition) is 6. The summed E-state index contributed by atoms with van der Waals surface area (Å²) >= 11 is 0. The van der Waals surface area contributed by atoms with E-state index in [2.05, 4.69) is 17.1 Å². The standard InChI is InChI=1S/C22H24N2O4/c1-3-13-27-19-12-8-11-17-20(19)18(14-23-21(17)22(25)26-4-2)24-28-15-16-9-6-5-7-10-16/h3,5-12,21,23H,1,4,13-15H2,2H3. The van der Waals surface area contributed by atoms with Crippen LogP contribution in [0.15, 0.2) is 66.3 Å². The van der Waals surface area contributed by atoms with Crippen molar-refractivity contribution in [3.8, 4) is 5.75 Å². The van der Waals surface area contributed by atoms with Gasteiger partial charge in [0.05, 0.1) is 6.61 Å². The SMILES string of the molecule is C=CCOc1cccc2c1C(=NOCc1ccccc1)CNC2C(=O)OCC. The zero-order valence-electron chi connectivity index (χ0n) is 15.9. The van der Waals surface area contributed by atoms with E-state index in [1.807, 2.05) is 48.5 Å². The summed E-state index contributed by atoms with van der Waals surface area (Å²) in [5.41, 5.74) is 3.21. The summed E-state index contributed by atoms with van der Waals surface area (Å²) < 4.78 is 11.0. The van der Waals surface area contributed by atoms with Crippen LogP contribution in [0, 0.1) is 0 Å². The lowest BCUT2D eigenvalue weighted by atomic mass is 9.92. The van der Waals surface area contributed by atoms with Crippen molar-refractivity contribution in [3.05, 3.63) is 77.9 Å². The molecule has 0 fully saturated rings. The predicted octanol–water partition coefficient (Wildman–Crippen LogP) is 3.38. The van der Waals surface area contributed by atoms with E-state index >= 15 is 0 Å². The Hall–Kier alpha value is -3.12. The number of ether oxygens (including phenoxy) is 2. The molecule has 146 valence electrons. The molecule has 0 aliphatic carbocycles. The Kier molecular flexibility index (Phi) is 6.81. The van der Waals surface area contributed by atoms with Gasteiger partial charge in [-0.25, -0.2) is 4.79 Å². The molecule has 1 unspecified atom stereocenters. The van der Waals surface area contributed by atoms with Gasteiger partial charge in [0.2, 0.25) is 0 Å². The minimum absolute atomic E-state index is 0.320. The summed E-state index contributed by atoms with van der Waals surface area (Å²) in [6, 6.07) is 14.8. The summed E-state index contributed by atoms with van der Waals surface area (Å²) in [4.78, 5) is 18.0. The third kappa shape index (κ3) is 4.58. The van der Waals surface area contributed by atoms with E-state index in [9.17, 15) is 4.79 Å². The molecule has 2 aromatic carbocycles. The van der Waals surface area contributed by atoms with Crippen LogP contribution < -0.4 is 10.1 Å². The fraction of sp³-hybridized carbons (Fsp3) is 0.273. The van der Waals surface area contributed by atoms with Crippen LogP contribution in [0.5, 0.6) is 5.75 Å². The van der Waals surface area contributed by atoms with Gasteiger partial charge < -0.3 is 14.3 Å². The molecular formula is C22H24N2O4. The van der Waals surface area contributed by atoms with E-state index in [0.29, 0.717) is 37.8 Å². The van der Waals surface area contributed by atoms with Crippen LogP contribution in [-0.4, -0.2) is 31.4 Å². The van der Waals surface area contributed by atoms with E-state index in [1.165, 1.54) is 0 Å². The number of rotatable bonds is 8. The van der Waals surface area contributed by atoms with Crippen molar-refractivity contribution in [2.75, 3.05) is 19.8 Å². The van der Waals surface area contributed by atoms with Gasteiger partial charge in [-0.15, -0.1) is 0 Å². The average molecular weight is 380 g/mol. The predicted molar refractivity (Wildman–Crippen MR) is 107 cm³/mol. The van der Waals surface area contributed by atoms with Gasteiger partial charge >= 0.3 is 5.97 Å². The molecule has 0 amide bonds. The molecule has 0 aromatic heterocycles. The largest absolute Gasteiger partial charge is 0.489 e. The topological polar surface area (TPSA) is 69.2 Å². The van der Waals surface area contributed by atoms with E-state index in [1.54, 1.807) is 13.0 Å². The first-order valence-corrected chi connectivity index (χ1v) is 9.24. The maximum absolute atomic E-state index is 12.4. The highest BCUT2D eigenvalue weighted by atomic mass is 16.6. The minimum Gasteiger partial charge on any atom is -0.489 e. The molecule has 1 heterocycles. The molecule has 28 heavy (non-hydrogen) atoms. The van der Waals surface area contributed by atoms with Gasteiger partial charge in [-0.1, -0.05) is 60.3 Å². The Labute approximate surface area is 164 Å². The summed E-state index contributed by atoms with van der Waals surface area (Å²) in [7, 11) is 0. The van der Waals surface area contributed by atoms with Crippen LogP contribution in [0.1, 0.15) is 29.7 Å². The summed E-state index contributed by atoms with van der Waals surface area (Å²) in [5.74, 6) is 0.309. The lowest BCUT2D eigenvalue weighted by Gasteiger charge is -2.27. The van der Waals surface area contributed by atoms with Gasteiger partial charge in [0.1, 0.15) is 30.7 Å². The lowest BCUT2D eigenvalue weighted by molar-refractivity contribution is -0.145. The fourth-order valence-electron chi connectivity index (χ4n) is 3.04. The molecule has 6 nitrogen and oxygen atoms in total. The van der Waals surface area contributed by atoms with Crippen LogP contribution in [0.25, 0.3) is 0 Å². The summed E-state index contributed by atoms with van der Waals surface area (Å²) in [5, 5.41) is 7.51. The van der Waals surface area contributed by atoms with Gasteiger partial charge in [-0.2, -0.15) is 0 Å². The number of nitrogens with one attached hydrogen (secondary N) is 1. The van der Waals surface area contributed by atoms with E-state index in [-0.39, 0.29) is 5.97 Å². The lowest BCUT2D eigenvalue weighted by Crippen LogP contribution is -2.40. The highest BCUT2D eigenvalue weighted by Crippen LogP contribution is 2.32. The number of carbonyl (C=O) groups is 1. The van der Waals surface area contributed by atoms with Crippen LogP contribution in [-0.2, 0) is 21.0 Å². The molecular weight excluding hydrogens is 356 g/mol. The molecule has 0 spiro atoms. The highest BCUT2D eigenvalue weighted by molar-refractivity contribution is 6.07. The molecule has 2 aromatic rings. The van der Waals surface area contributed by atoms with Crippen molar-refractivity contribution in [2.45, 2.75) is 19.6 Å². The quantitative estimate of drug-likeness (QED) is 0.432. The van der Waals surface area contributed by atoms with Crippen molar-refractivity contribution < 1.29 is 19.1 Å². The van der Waals surface area contributed by atoms with E-state index in [0.717, 1.165) is 16.7 Å². The Morgan fingerprint density at radius 2 is 2.07 bits per heavy atom. The first kappa shape index (κ1) is 19.6. The number of oxime groups is 1. The number of esters is 1. The molecule has 0 bridgehead atoms. The average Bonchev–Trinajstić information content (AvgIpc) is 2.73. The Morgan fingerprint density at radius 3 is 2.82 bits per heavy atom. The minimum atomic E-state index is -0.574. The van der Waals surface area contributed by atoms with Crippen LogP contribution in [0.3, 0.4) is 0 Å². The van der Waals surface area contributed by atoms with Crippen LogP contribution in [0.4, 0.5) is 0 Å². The molecule has 1 aliphatic heterocycles. The van der Waals surface area contributed by atoms with Crippen LogP contribution in [0.2, 0.25) is 0 Å². The normalized spacial score (nSPS) is 16.9. The van der Waals surface area contributed by atoms with Crippen molar-refractivity contribution in [2.24, 2.45) is 5.16 Å². The van der Waals surface area contributed by atoms with Crippen molar-refractivity contribution >= 4 is 11.7 Å². The van der Waals surface area contributed by atoms with Gasteiger partial charge in [-0.05, 0) is 24.1 Å². The van der Waals surface area contributed by atoms with E-state index < -0.39 is 6.04 Å². The maximum Gasteiger partial charge on any atom is 0.327 e. The van der Waals surface area contributed by atoms with Crippen LogP contribution >= 0.6 is 0 Å². The fourth-order valence-corrected chi connectivity index (χ4v) is 3.04. The van der Waals surface area contributed by atoms with E-state index in [4.69, 9.17) is 14.3 Å². The molecule has 1 atom stereocenters. The smallest absolute Gasteiger partial charge is 0.327 e. The number of hydrogen-bond donors (Lipinski definition) is 1. The Morgan fingerprint density at radius 1 is 1.25 bits per heavy atom. The first-order valence-electron chi connectivity index (χ1n) is 9.24. The zero-order valence-corrected chi connectivity index (χ0v) is 15.9. The summed E-state index contributed by atoms with van der Waals surface area (Å²) in [6.07, 6.45) is 1.67. The highest BCUT2D eigenvalue weighted by Gasteiger charge is 2.32. The first-order chi connectivity index (χ1) is 13.7. The second-order valence-corrected chi connectivity index (χ2v) is 6.18. The van der Waals surface area contributed by atoms with Crippen molar-refractivity contribution in [3.63, 3.8) is 0 Å². The number of fused-ring (bicyclic) bond motifs is 1. The van der Waals surface area contributed by atoms with Gasteiger partial charge in [-0.3, -0.25) is 5.32 Å². The molecule has 3 rings (SSSR count). The number of nitrogens with zero attached hydrogens (tertiary/aromatic N) is 1. The monoisotopic (exact) mass is 380 g/mol. The third-order valence-corrected chi connectivity index (χ3v) is 4.26. The van der Waals surface area contributed by atoms with Gasteiger partial charge in [0.15, 0.2) is 0 Å². The Bertz CT molecular complexity index is 849. The second-order valence-electron chi connectivity index (χ2n) is 6.18. The Balaban J connectivity index is 1.89. The number of benzene rings is 2. The molecule has 0 radical (unpaired) electrons. The zero-order chi connectivity index (χ0) is 19.8. The molecule has 0 saturated carbocycles. The molecule has 0 saturated heterocycles. The second kappa shape index (κ2) is 9.71. The third-order valence-electron chi connectivity index (χ3n) is 4.26. The number of carbonyl (C=O) groups excluding carboxylic acids is 1. The molecule has 1 aliphatic rings. The summed E-state index contributed by atoms with van der Waals surface area (Å²) in [6.45, 7) is 6.87.